The van der Waals surface area contributed by atoms with Crippen LogP contribution in [0.2, 0.25) is 0 Å². The summed E-state index contributed by atoms with van der Waals surface area (Å²) >= 11 is 15.0. The molecule has 0 fully saturated rings. The van der Waals surface area contributed by atoms with E-state index < -0.39 is -8.77 Å². The second kappa shape index (κ2) is 2.68. The van der Waals surface area contributed by atoms with Gasteiger partial charge in [-0.05, 0) is 0 Å². The van der Waals surface area contributed by atoms with Gasteiger partial charge >= 0.3 is 114 Å². The van der Waals surface area contributed by atoms with Gasteiger partial charge < -0.3 is 0 Å². The molecule has 52 valence electrons. The van der Waals surface area contributed by atoms with Crippen molar-refractivity contribution in [3.63, 3.8) is 0 Å². The Morgan fingerprint density at radius 1 is 0.571 bits per heavy atom. The Kier molecular flexibility index (Phi) is 4.55. The Labute approximate surface area is 110 Å². The van der Waals surface area contributed by atoms with Crippen LogP contribution in [0.4, 0.5) is 0 Å². The Balaban J connectivity index is 4.43. The van der Waals surface area contributed by atoms with Crippen LogP contribution in [0.3, 0.4) is 0 Å². The summed E-state index contributed by atoms with van der Waals surface area (Å²) in [6, 6.07) is 0. The van der Waals surface area contributed by atoms with Crippen LogP contribution in [0.5, 0.6) is 0 Å². The van der Waals surface area contributed by atoms with Gasteiger partial charge in [0.2, 0.25) is 0 Å². The zero-order chi connectivity index (χ0) is 6.41. The molecule has 7 heteroatoms. The van der Waals surface area contributed by atoms with Crippen LogP contribution < -0.4 is 0 Å². The Bertz CT molecular complexity index is 62.7. The van der Waals surface area contributed by atoms with Crippen molar-refractivity contribution in [1.82, 2.24) is 0 Å². The van der Waals surface area contributed by atoms with E-state index in [0.29, 0.717) is 0 Å². The summed E-state index contributed by atoms with van der Waals surface area (Å²) in [6.07, 6.45) is 0. The molecule has 0 nitrogen and oxygen atoms in total. The maximum atomic E-state index is 2.50. The van der Waals surface area contributed by atoms with Gasteiger partial charge in [0.15, 0.2) is 0 Å². The molecule has 0 aromatic rings. The van der Waals surface area contributed by atoms with E-state index in [1.54, 1.807) is 0 Å². The quantitative estimate of drug-likeness (QED) is 0.230. The number of hydrogen-bond acceptors (Lipinski definition) is 0. The van der Waals surface area contributed by atoms with E-state index in [1.165, 1.54) is 0 Å². The molecule has 0 saturated carbocycles. The molecule has 0 rings (SSSR count). The zero-order valence-electron chi connectivity index (χ0n) is 2.58. The molecule has 0 unspecified atom stereocenters. The molecule has 0 bridgehead atoms. The Morgan fingerprint density at radius 2 is 0.571 bits per heavy atom. The van der Waals surface area contributed by atoms with Gasteiger partial charge in [0.25, 0.3) is 0 Å². The standard InChI is InChI=1S/6HI.Ni/h6*1H;/q;;;;;;+6/p-6. The summed E-state index contributed by atoms with van der Waals surface area (Å²) in [6.45, 7) is 0. The topological polar surface area (TPSA) is 0 Å². The third kappa shape index (κ3) is 36.0. The number of rotatable bonds is 0. The Morgan fingerprint density at radius 3 is 0.571 bits per heavy atom. The first-order chi connectivity index (χ1) is 2.45. The van der Waals surface area contributed by atoms with Crippen molar-refractivity contribution in [2.24, 2.45) is 0 Å². The average molecular weight is 820 g/mol. The molecule has 0 spiro atoms. The number of halogens is 6. The predicted octanol–water partition coefficient (Wildman–Crippen LogP) is 5.31. The van der Waals surface area contributed by atoms with Crippen molar-refractivity contribution in [1.29, 1.82) is 0 Å². The van der Waals surface area contributed by atoms with E-state index in [-0.39, 0.29) is 0 Å². The van der Waals surface area contributed by atoms with Crippen LogP contribution >= 0.6 is 123 Å². The van der Waals surface area contributed by atoms with E-state index in [4.69, 9.17) is 0 Å². The van der Waals surface area contributed by atoms with Gasteiger partial charge in [-0.3, -0.25) is 0 Å². The molecule has 0 aromatic carbocycles. The Hall–Kier alpha value is 4.87. The average Bonchev–Trinajstić information content (AvgIpc) is 0.592. The van der Waals surface area contributed by atoms with E-state index in [0.717, 1.165) is 0 Å². The number of hydrogen-bond donors (Lipinski definition) is 0. The molecule has 0 amide bonds. The minimum absolute atomic E-state index is 1.72. The fourth-order valence-electron chi connectivity index (χ4n) is 0. The van der Waals surface area contributed by atoms with E-state index >= 15 is 0 Å². The minimum atomic E-state index is -1.72. The first kappa shape index (κ1) is 11.9. The van der Waals surface area contributed by atoms with Crippen molar-refractivity contribution in [2.75, 3.05) is 0 Å². The van der Waals surface area contributed by atoms with Gasteiger partial charge in [-0.25, -0.2) is 0 Å². The van der Waals surface area contributed by atoms with Crippen molar-refractivity contribution in [3.8, 4) is 0 Å². The molecule has 0 saturated heterocycles. The van der Waals surface area contributed by atoms with Crippen LogP contribution in [-0.2, 0) is -8.77 Å². The molecule has 0 atom stereocenters. The summed E-state index contributed by atoms with van der Waals surface area (Å²) in [4.78, 5) is 0. The monoisotopic (exact) mass is 819 g/mol. The molecule has 0 heterocycles. The molecule has 7 heavy (non-hydrogen) atoms. The predicted molar refractivity (Wildman–Crippen MR) is 84.1 cm³/mol. The third-order valence-corrected chi connectivity index (χ3v) is 0. The fraction of sp³-hybridized carbons (Fsp3) is 0. The van der Waals surface area contributed by atoms with Crippen LogP contribution in [0.1, 0.15) is 0 Å². The molecule has 0 N–H and O–H groups in total. The van der Waals surface area contributed by atoms with Gasteiger partial charge in [0.1, 0.15) is 0 Å². The molecule has 0 radical (unpaired) electrons. The van der Waals surface area contributed by atoms with Crippen LogP contribution in [0.25, 0.3) is 0 Å². The summed E-state index contributed by atoms with van der Waals surface area (Å²) < 4.78 is -1.72. The molecule has 0 aliphatic carbocycles. The summed E-state index contributed by atoms with van der Waals surface area (Å²) in [5, 5.41) is 0. The molecule has 0 aliphatic heterocycles. The second-order valence-corrected chi connectivity index (χ2v) is 126. The molecular formula is I6Ni. The summed E-state index contributed by atoms with van der Waals surface area (Å²) in [5.74, 6) is 0. The normalized spacial score (nSPS) is 23.1. The van der Waals surface area contributed by atoms with Gasteiger partial charge in [0.05, 0.1) is 0 Å². The summed E-state index contributed by atoms with van der Waals surface area (Å²) in [7, 11) is 0. The van der Waals surface area contributed by atoms with E-state index in [2.05, 4.69) is 123 Å². The first-order valence-electron chi connectivity index (χ1n) is 0.717. The van der Waals surface area contributed by atoms with Crippen LogP contribution in [0, 0.1) is 0 Å². The van der Waals surface area contributed by atoms with Gasteiger partial charge in [-0.1, -0.05) is 0 Å². The molecule has 0 aliphatic rings. The third-order valence-electron chi connectivity index (χ3n) is 0. The van der Waals surface area contributed by atoms with Crippen LogP contribution in [0.15, 0.2) is 0 Å². The molecular weight excluding hydrogens is 820 g/mol. The van der Waals surface area contributed by atoms with Crippen LogP contribution in [-0.4, -0.2) is 0 Å². The van der Waals surface area contributed by atoms with Crippen molar-refractivity contribution in [2.45, 2.75) is 0 Å². The van der Waals surface area contributed by atoms with Gasteiger partial charge in [-0.2, -0.15) is 0 Å². The maximum absolute atomic E-state index is 2.50. The SMILES string of the molecule is [I][Ni]([I])([I])([I])([I])[I]. The van der Waals surface area contributed by atoms with Gasteiger partial charge in [-0.15, -0.1) is 0 Å². The van der Waals surface area contributed by atoms with E-state index in [1.807, 2.05) is 0 Å². The zero-order valence-corrected chi connectivity index (χ0v) is 16.5. The fourth-order valence-corrected chi connectivity index (χ4v) is 0. The van der Waals surface area contributed by atoms with Crippen molar-refractivity contribution >= 4 is 123 Å². The van der Waals surface area contributed by atoms with Crippen molar-refractivity contribution in [3.05, 3.63) is 0 Å². The first-order valence-corrected chi connectivity index (χ1v) is 19.8. The van der Waals surface area contributed by atoms with Crippen molar-refractivity contribution < 1.29 is -8.77 Å². The van der Waals surface area contributed by atoms with Gasteiger partial charge in [0, 0.05) is 0 Å². The van der Waals surface area contributed by atoms with E-state index in [9.17, 15) is 0 Å². The second-order valence-electron chi connectivity index (χ2n) is 0.678. The summed E-state index contributed by atoms with van der Waals surface area (Å²) in [5.41, 5.74) is 0. The molecule has 0 aromatic heterocycles.